The van der Waals surface area contributed by atoms with Crippen molar-refractivity contribution in [1.82, 2.24) is 0 Å². The fourth-order valence-electron chi connectivity index (χ4n) is 0.688. The van der Waals surface area contributed by atoms with Gasteiger partial charge in [0, 0.05) is 6.61 Å². The Hall–Kier alpha value is 0.177. The van der Waals surface area contributed by atoms with Gasteiger partial charge in [0.05, 0.1) is 0 Å². The quantitative estimate of drug-likeness (QED) is 0.487. The van der Waals surface area contributed by atoms with Crippen LogP contribution in [0.25, 0.3) is 0 Å². The van der Waals surface area contributed by atoms with Gasteiger partial charge in [-0.25, -0.2) is 0 Å². The van der Waals surface area contributed by atoms with Crippen LogP contribution >= 0.6 is 0 Å². The van der Waals surface area contributed by atoms with E-state index in [1.54, 1.807) is 0 Å². The number of hydrogen-bond acceptors (Lipinski definition) is 1. The monoisotopic (exact) mass is 188 g/mol. The van der Waals surface area contributed by atoms with Crippen molar-refractivity contribution >= 4 is 9.76 Å². The molecule has 0 aromatic heterocycles. The van der Waals surface area contributed by atoms with Crippen molar-refractivity contribution in [2.75, 3.05) is 6.61 Å². The van der Waals surface area contributed by atoms with E-state index in [0.717, 1.165) is 13.0 Å². The molecule has 0 aromatic rings. The van der Waals surface area contributed by atoms with E-state index < -0.39 is 0 Å². The van der Waals surface area contributed by atoms with Gasteiger partial charge < -0.3 is 4.43 Å². The van der Waals surface area contributed by atoms with Crippen molar-refractivity contribution in [3.05, 3.63) is 0 Å². The third-order valence-electron chi connectivity index (χ3n) is 2.84. The van der Waals surface area contributed by atoms with Crippen LogP contribution in [0.2, 0.25) is 5.04 Å². The molecule has 0 aliphatic heterocycles. The lowest BCUT2D eigenvalue weighted by Crippen LogP contribution is -2.30. The van der Waals surface area contributed by atoms with Crippen LogP contribution in [0.1, 0.15) is 48.0 Å². The summed E-state index contributed by atoms with van der Waals surface area (Å²) in [6.07, 6.45) is 1.15. The summed E-state index contributed by atoms with van der Waals surface area (Å²) >= 11 is 0. The normalized spacial score (nSPS) is 14.5. The molecule has 0 radical (unpaired) electrons. The second kappa shape index (κ2) is 4.42. The highest BCUT2D eigenvalue weighted by Gasteiger charge is 2.33. The molecule has 0 aromatic carbocycles. The number of hydrogen-bond donors (Lipinski definition) is 0. The first-order valence-electron chi connectivity index (χ1n) is 4.89. The van der Waals surface area contributed by atoms with E-state index in [-0.39, 0.29) is 9.76 Å². The first-order valence-corrected chi connectivity index (χ1v) is 6.17. The molecular formula is C10H24OSi. The van der Waals surface area contributed by atoms with Gasteiger partial charge in [0.25, 0.3) is 0 Å². The Bertz CT molecular complexity index is 124. The Balaban J connectivity index is 3.88. The maximum Gasteiger partial charge on any atom is 0.167 e. The predicted octanol–water partition coefficient (Wildman–Crippen LogP) is 2.74. The Morgan fingerprint density at radius 1 is 1.08 bits per heavy atom. The topological polar surface area (TPSA) is 9.23 Å². The highest BCUT2D eigenvalue weighted by molar-refractivity contribution is 6.32. The van der Waals surface area contributed by atoms with Crippen molar-refractivity contribution in [3.63, 3.8) is 0 Å². The molecule has 0 heterocycles. The molecule has 0 amide bonds. The first kappa shape index (κ1) is 12.2. The van der Waals surface area contributed by atoms with Gasteiger partial charge in [-0.2, -0.15) is 0 Å². The Morgan fingerprint density at radius 2 is 1.58 bits per heavy atom. The molecule has 12 heavy (non-hydrogen) atoms. The van der Waals surface area contributed by atoms with E-state index in [4.69, 9.17) is 4.43 Å². The fourth-order valence-corrected chi connectivity index (χ4v) is 2.06. The minimum atomic E-state index is -0.376. The average Bonchev–Trinajstić information content (AvgIpc) is 1.85. The van der Waals surface area contributed by atoms with Gasteiger partial charge in [-0.1, -0.05) is 41.5 Å². The van der Waals surface area contributed by atoms with E-state index in [1.165, 1.54) is 0 Å². The summed E-state index contributed by atoms with van der Waals surface area (Å²) in [6.45, 7) is 14.7. The van der Waals surface area contributed by atoms with Gasteiger partial charge in [0.15, 0.2) is 9.76 Å². The van der Waals surface area contributed by atoms with Crippen molar-refractivity contribution in [2.45, 2.75) is 53.0 Å². The van der Waals surface area contributed by atoms with Crippen LogP contribution in [-0.4, -0.2) is 16.4 Å². The second-order valence-electron chi connectivity index (χ2n) is 5.19. The zero-order chi connectivity index (χ0) is 9.83. The molecule has 0 atom stereocenters. The van der Waals surface area contributed by atoms with E-state index in [9.17, 15) is 0 Å². The fraction of sp³-hybridized carbons (Fsp3) is 1.00. The Kier molecular flexibility index (Phi) is 4.49. The van der Waals surface area contributed by atoms with Crippen molar-refractivity contribution in [2.24, 2.45) is 5.41 Å². The lowest BCUT2D eigenvalue weighted by Gasteiger charge is -2.38. The van der Waals surface area contributed by atoms with E-state index >= 15 is 0 Å². The van der Waals surface area contributed by atoms with Gasteiger partial charge in [0.1, 0.15) is 0 Å². The Morgan fingerprint density at radius 3 is 1.92 bits per heavy atom. The maximum absolute atomic E-state index is 5.71. The molecule has 0 fully saturated rings. The zero-order valence-electron chi connectivity index (χ0n) is 9.53. The third-order valence-corrected chi connectivity index (χ3v) is 5.12. The van der Waals surface area contributed by atoms with Crippen LogP contribution in [0.5, 0.6) is 0 Å². The van der Waals surface area contributed by atoms with Gasteiger partial charge in [-0.15, -0.1) is 0 Å². The lowest BCUT2D eigenvalue weighted by atomic mass is 9.82. The first-order chi connectivity index (χ1) is 5.31. The summed E-state index contributed by atoms with van der Waals surface area (Å²) in [7, 11) is -0.376. The van der Waals surface area contributed by atoms with E-state index in [2.05, 4.69) is 41.5 Å². The zero-order valence-corrected chi connectivity index (χ0v) is 10.9. The molecule has 2 heteroatoms. The second-order valence-corrected chi connectivity index (χ2v) is 7.65. The van der Waals surface area contributed by atoms with E-state index in [1.807, 2.05) is 0 Å². The molecule has 0 unspecified atom stereocenters. The highest BCUT2D eigenvalue weighted by Crippen LogP contribution is 2.43. The van der Waals surface area contributed by atoms with Crippen molar-refractivity contribution in [3.8, 4) is 0 Å². The standard InChI is InChI=1S/C10H24OSi/c1-7-8-11-12-10(5,6)9(2,3)4/h7-8,12H2,1-6H3. The van der Waals surface area contributed by atoms with Gasteiger partial charge in [-0.05, 0) is 16.9 Å². The maximum atomic E-state index is 5.71. The molecular weight excluding hydrogens is 164 g/mol. The minimum absolute atomic E-state index is 0.376. The minimum Gasteiger partial charge on any atom is -0.423 e. The smallest absolute Gasteiger partial charge is 0.167 e. The molecule has 0 saturated heterocycles. The SMILES string of the molecule is CCCO[SiH2]C(C)(C)C(C)(C)C. The van der Waals surface area contributed by atoms with Crippen LogP contribution in [-0.2, 0) is 4.43 Å². The number of rotatable bonds is 4. The largest absolute Gasteiger partial charge is 0.423 e. The molecule has 0 bridgehead atoms. The molecule has 0 aliphatic carbocycles. The van der Waals surface area contributed by atoms with Gasteiger partial charge >= 0.3 is 0 Å². The summed E-state index contributed by atoms with van der Waals surface area (Å²) in [6, 6.07) is 0. The molecule has 0 rings (SSSR count). The van der Waals surface area contributed by atoms with Crippen LogP contribution in [0.15, 0.2) is 0 Å². The van der Waals surface area contributed by atoms with Gasteiger partial charge in [0.2, 0.25) is 0 Å². The molecule has 0 saturated carbocycles. The third kappa shape index (κ3) is 3.72. The lowest BCUT2D eigenvalue weighted by molar-refractivity contribution is 0.245. The molecule has 74 valence electrons. The Labute approximate surface area is 79.8 Å². The van der Waals surface area contributed by atoms with Crippen LogP contribution in [0.3, 0.4) is 0 Å². The highest BCUT2D eigenvalue weighted by atomic mass is 28.2. The summed E-state index contributed by atoms with van der Waals surface area (Å²) < 4.78 is 5.71. The summed E-state index contributed by atoms with van der Waals surface area (Å²) in [4.78, 5) is 0. The van der Waals surface area contributed by atoms with Gasteiger partial charge in [-0.3, -0.25) is 0 Å². The molecule has 0 aliphatic rings. The average molecular weight is 188 g/mol. The summed E-state index contributed by atoms with van der Waals surface area (Å²) in [5, 5.41) is 0.405. The molecule has 0 N–H and O–H groups in total. The van der Waals surface area contributed by atoms with Crippen molar-refractivity contribution < 1.29 is 4.43 Å². The predicted molar refractivity (Wildman–Crippen MR) is 58.3 cm³/mol. The van der Waals surface area contributed by atoms with E-state index in [0.29, 0.717) is 10.5 Å². The molecule has 0 spiro atoms. The van der Waals surface area contributed by atoms with Crippen LogP contribution in [0, 0.1) is 5.41 Å². The molecule has 1 nitrogen and oxygen atoms in total. The van der Waals surface area contributed by atoms with Crippen LogP contribution in [0.4, 0.5) is 0 Å². The summed E-state index contributed by atoms with van der Waals surface area (Å²) in [5.74, 6) is 0. The summed E-state index contributed by atoms with van der Waals surface area (Å²) in [5.41, 5.74) is 0.382. The van der Waals surface area contributed by atoms with Crippen molar-refractivity contribution in [1.29, 1.82) is 0 Å². The van der Waals surface area contributed by atoms with Crippen LogP contribution < -0.4 is 0 Å².